The van der Waals surface area contributed by atoms with Crippen LogP contribution in [0.5, 0.6) is 0 Å². The molecule has 0 saturated heterocycles. The van der Waals surface area contributed by atoms with Gasteiger partial charge in [-0.15, -0.1) is 0 Å². The summed E-state index contributed by atoms with van der Waals surface area (Å²) < 4.78 is 0. The predicted molar refractivity (Wildman–Crippen MR) is 62.3 cm³/mol. The molecule has 0 bridgehead atoms. The largest absolute Gasteiger partial charge is 0.350 e. The molecule has 1 nitrogen and oxygen atoms in total. The van der Waals surface area contributed by atoms with Crippen LogP contribution in [0, 0.1) is 6.92 Å². The second-order valence-corrected chi connectivity index (χ2v) is 3.66. The van der Waals surface area contributed by atoms with E-state index >= 15 is 0 Å². The van der Waals surface area contributed by atoms with Crippen molar-refractivity contribution in [3.8, 4) is 0 Å². The fourth-order valence-electron chi connectivity index (χ4n) is 1.09. The molecular weight excluding hydrogens is 178 g/mol. The average molecular weight is 193 g/mol. The fraction of sp³-hybridized carbons (Fsp3) is 0.364. The van der Waals surface area contributed by atoms with Crippen molar-refractivity contribution in [2.45, 2.75) is 26.7 Å². The van der Waals surface area contributed by atoms with Crippen LogP contribution in [-0.4, -0.2) is 4.99 Å². The normalized spacial score (nSPS) is 9.69. The zero-order valence-corrected chi connectivity index (χ0v) is 8.95. The summed E-state index contributed by atoms with van der Waals surface area (Å²) in [5, 5.41) is 3.20. The summed E-state index contributed by atoms with van der Waals surface area (Å²) in [6, 6.07) is 8.27. The molecule has 0 spiro atoms. The van der Waals surface area contributed by atoms with Gasteiger partial charge in [0.15, 0.2) is 0 Å². The predicted octanol–water partition coefficient (Wildman–Crippen LogP) is 3.53. The van der Waals surface area contributed by atoms with E-state index < -0.39 is 0 Å². The molecule has 1 aromatic carbocycles. The Morgan fingerprint density at radius 3 is 2.46 bits per heavy atom. The van der Waals surface area contributed by atoms with Crippen molar-refractivity contribution in [3.63, 3.8) is 0 Å². The number of nitrogens with one attached hydrogen (secondary N) is 1. The highest BCUT2D eigenvalue weighted by molar-refractivity contribution is 7.80. The minimum Gasteiger partial charge on any atom is -0.350 e. The molecule has 0 aliphatic rings. The van der Waals surface area contributed by atoms with Crippen LogP contribution >= 0.6 is 12.2 Å². The summed E-state index contributed by atoms with van der Waals surface area (Å²) in [6.07, 6.45) is 2.06. The highest BCUT2D eigenvalue weighted by Crippen LogP contribution is 2.09. The van der Waals surface area contributed by atoms with Gasteiger partial charge in [-0.1, -0.05) is 36.8 Å². The van der Waals surface area contributed by atoms with Crippen LogP contribution in [0.1, 0.15) is 25.3 Å². The van der Waals surface area contributed by atoms with Gasteiger partial charge in [0, 0.05) is 5.69 Å². The Morgan fingerprint density at radius 1 is 1.31 bits per heavy atom. The summed E-state index contributed by atoms with van der Waals surface area (Å²) in [5.74, 6) is 0. The smallest absolute Gasteiger partial charge is 0.0797 e. The van der Waals surface area contributed by atoms with Gasteiger partial charge in [0.05, 0.1) is 4.99 Å². The second-order valence-electron chi connectivity index (χ2n) is 3.16. The molecule has 1 aromatic rings. The Hall–Kier alpha value is -0.890. The molecule has 0 saturated carbocycles. The zero-order chi connectivity index (χ0) is 9.68. The molecule has 70 valence electrons. The molecule has 0 aliphatic carbocycles. The molecule has 0 heterocycles. The molecule has 0 amide bonds. The fourth-order valence-corrected chi connectivity index (χ4v) is 1.41. The lowest BCUT2D eigenvalue weighted by atomic mass is 10.2. The monoisotopic (exact) mass is 193 g/mol. The summed E-state index contributed by atoms with van der Waals surface area (Å²) >= 11 is 5.16. The average Bonchev–Trinajstić information content (AvgIpc) is 2.09. The van der Waals surface area contributed by atoms with E-state index in [9.17, 15) is 0 Å². The number of hydrogen-bond donors (Lipinski definition) is 1. The van der Waals surface area contributed by atoms with Crippen molar-refractivity contribution in [3.05, 3.63) is 29.8 Å². The third-order valence-electron chi connectivity index (χ3n) is 1.81. The molecule has 0 fully saturated rings. The van der Waals surface area contributed by atoms with Gasteiger partial charge in [-0.05, 0) is 31.9 Å². The van der Waals surface area contributed by atoms with E-state index in [1.165, 1.54) is 5.56 Å². The van der Waals surface area contributed by atoms with E-state index in [0.717, 1.165) is 23.5 Å². The standard InChI is InChI=1S/C11H15NS/c1-3-4-11(13)12-10-7-5-9(2)6-8-10/h5-8H,3-4H2,1-2H3,(H,12,13). The molecule has 0 unspecified atom stereocenters. The minimum atomic E-state index is 0.923. The van der Waals surface area contributed by atoms with Gasteiger partial charge in [0.2, 0.25) is 0 Å². The third kappa shape index (κ3) is 3.55. The van der Waals surface area contributed by atoms with Gasteiger partial charge in [-0.3, -0.25) is 0 Å². The number of benzene rings is 1. The first-order chi connectivity index (χ1) is 6.22. The Morgan fingerprint density at radius 2 is 1.92 bits per heavy atom. The molecule has 2 heteroatoms. The van der Waals surface area contributed by atoms with Gasteiger partial charge in [-0.25, -0.2) is 0 Å². The molecule has 1 N–H and O–H groups in total. The van der Waals surface area contributed by atoms with Crippen LogP contribution in [0.2, 0.25) is 0 Å². The van der Waals surface area contributed by atoms with Crippen molar-refractivity contribution in [2.24, 2.45) is 0 Å². The van der Waals surface area contributed by atoms with Crippen LogP contribution in [-0.2, 0) is 0 Å². The lowest BCUT2D eigenvalue weighted by Gasteiger charge is -2.06. The molecule has 0 radical (unpaired) electrons. The first kappa shape index (κ1) is 10.2. The summed E-state index contributed by atoms with van der Waals surface area (Å²) in [4.78, 5) is 0.923. The third-order valence-corrected chi connectivity index (χ3v) is 2.12. The van der Waals surface area contributed by atoms with Crippen LogP contribution < -0.4 is 5.32 Å². The van der Waals surface area contributed by atoms with Gasteiger partial charge in [-0.2, -0.15) is 0 Å². The van der Waals surface area contributed by atoms with Crippen molar-refractivity contribution in [1.29, 1.82) is 0 Å². The highest BCUT2D eigenvalue weighted by atomic mass is 32.1. The first-order valence-corrected chi connectivity index (χ1v) is 4.99. The van der Waals surface area contributed by atoms with Crippen LogP contribution in [0.4, 0.5) is 5.69 Å². The van der Waals surface area contributed by atoms with E-state index in [0.29, 0.717) is 0 Å². The Labute approximate surface area is 85.2 Å². The lowest BCUT2D eigenvalue weighted by molar-refractivity contribution is 1.00. The SMILES string of the molecule is CCCC(=S)Nc1ccc(C)cc1. The molecular formula is C11H15NS. The number of hydrogen-bond acceptors (Lipinski definition) is 1. The van der Waals surface area contributed by atoms with E-state index in [-0.39, 0.29) is 0 Å². The van der Waals surface area contributed by atoms with Crippen molar-refractivity contribution < 1.29 is 0 Å². The van der Waals surface area contributed by atoms with Crippen molar-refractivity contribution >= 4 is 22.9 Å². The van der Waals surface area contributed by atoms with Gasteiger partial charge in [0.1, 0.15) is 0 Å². The molecule has 1 rings (SSSR count). The topological polar surface area (TPSA) is 12.0 Å². The Balaban J connectivity index is 2.54. The van der Waals surface area contributed by atoms with Crippen LogP contribution in [0.3, 0.4) is 0 Å². The molecule has 0 aliphatic heterocycles. The van der Waals surface area contributed by atoms with Crippen LogP contribution in [0.15, 0.2) is 24.3 Å². The molecule has 0 aromatic heterocycles. The quantitative estimate of drug-likeness (QED) is 0.737. The van der Waals surface area contributed by atoms with Gasteiger partial charge in [0.25, 0.3) is 0 Å². The van der Waals surface area contributed by atoms with Gasteiger partial charge < -0.3 is 5.32 Å². The van der Waals surface area contributed by atoms with E-state index in [1.807, 2.05) is 0 Å². The Bertz CT molecular complexity index is 277. The van der Waals surface area contributed by atoms with Gasteiger partial charge >= 0.3 is 0 Å². The highest BCUT2D eigenvalue weighted by Gasteiger charge is 1.95. The van der Waals surface area contributed by atoms with E-state index in [1.54, 1.807) is 0 Å². The van der Waals surface area contributed by atoms with E-state index in [2.05, 4.69) is 43.4 Å². The maximum Gasteiger partial charge on any atom is 0.0797 e. The number of aryl methyl sites for hydroxylation is 1. The summed E-state index contributed by atoms with van der Waals surface area (Å²) in [7, 11) is 0. The minimum absolute atomic E-state index is 0.923. The van der Waals surface area contributed by atoms with Crippen molar-refractivity contribution in [1.82, 2.24) is 0 Å². The number of anilines is 1. The lowest BCUT2D eigenvalue weighted by Crippen LogP contribution is -2.07. The number of thiocarbonyl (C=S) groups is 1. The van der Waals surface area contributed by atoms with Crippen LogP contribution in [0.25, 0.3) is 0 Å². The summed E-state index contributed by atoms with van der Waals surface area (Å²) in [5.41, 5.74) is 2.36. The summed E-state index contributed by atoms with van der Waals surface area (Å²) in [6.45, 7) is 4.21. The molecule has 0 atom stereocenters. The first-order valence-electron chi connectivity index (χ1n) is 4.59. The van der Waals surface area contributed by atoms with Crippen molar-refractivity contribution in [2.75, 3.05) is 5.32 Å². The Kier molecular flexibility index (Phi) is 3.90. The van der Waals surface area contributed by atoms with E-state index in [4.69, 9.17) is 12.2 Å². The molecule has 13 heavy (non-hydrogen) atoms. The maximum absolute atomic E-state index is 5.16. The second kappa shape index (κ2) is 4.97. The number of rotatable bonds is 3. The maximum atomic E-state index is 5.16. The zero-order valence-electron chi connectivity index (χ0n) is 8.13.